The first-order valence-electron chi connectivity index (χ1n) is 7.15. The molecule has 0 aliphatic heterocycles. The maximum atomic E-state index is 9.02. The van der Waals surface area contributed by atoms with Gasteiger partial charge in [0.15, 0.2) is 0 Å². The van der Waals surface area contributed by atoms with E-state index in [9.17, 15) is 0 Å². The van der Waals surface area contributed by atoms with Gasteiger partial charge in [-0.25, -0.2) is 0 Å². The third-order valence-electron chi connectivity index (χ3n) is 3.43. The first-order valence-corrected chi connectivity index (χ1v) is 8.37. The van der Waals surface area contributed by atoms with Gasteiger partial charge < -0.3 is 20.5 Å². The number of anilines is 1. The first kappa shape index (κ1) is 16.7. The lowest BCUT2D eigenvalue weighted by Gasteiger charge is -2.20. The van der Waals surface area contributed by atoms with Gasteiger partial charge in [-0.05, 0) is 48.7 Å². The summed E-state index contributed by atoms with van der Waals surface area (Å²) in [6.07, 6.45) is 2.05. The zero-order valence-corrected chi connectivity index (χ0v) is 13.8. The van der Waals surface area contributed by atoms with Crippen molar-refractivity contribution in [1.29, 1.82) is 0 Å². The Kier molecular flexibility index (Phi) is 6.12. The van der Waals surface area contributed by atoms with Gasteiger partial charge in [0.1, 0.15) is 11.5 Å². The van der Waals surface area contributed by atoms with E-state index in [1.165, 1.54) is 4.90 Å². The number of rotatable bonds is 7. The van der Waals surface area contributed by atoms with Crippen molar-refractivity contribution in [3.63, 3.8) is 0 Å². The van der Waals surface area contributed by atoms with Crippen LogP contribution < -0.4 is 15.4 Å². The summed E-state index contributed by atoms with van der Waals surface area (Å²) in [6, 6.07) is 13.9. The number of likely N-dealkylation sites (N-methyl/N-ethyl adjacent to an activating group) is 1. The molecule has 0 aromatic heterocycles. The van der Waals surface area contributed by atoms with E-state index in [1.807, 2.05) is 60.7 Å². The van der Waals surface area contributed by atoms with E-state index < -0.39 is 0 Å². The molecule has 0 amide bonds. The van der Waals surface area contributed by atoms with Crippen LogP contribution in [0.4, 0.5) is 5.69 Å². The molecule has 5 heteroatoms. The molecule has 0 radical (unpaired) electrons. The van der Waals surface area contributed by atoms with Crippen molar-refractivity contribution < 1.29 is 9.84 Å². The van der Waals surface area contributed by atoms with Crippen LogP contribution in [0.5, 0.6) is 11.5 Å². The van der Waals surface area contributed by atoms with E-state index in [2.05, 4.69) is 0 Å². The van der Waals surface area contributed by atoms with Gasteiger partial charge in [0.25, 0.3) is 0 Å². The molecule has 0 heterocycles. The molecule has 2 aromatic carbocycles. The van der Waals surface area contributed by atoms with Crippen molar-refractivity contribution in [3.8, 4) is 11.5 Å². The Bertz CT molecular complexity index is 602. The Labute approximate surface area is 135 Å². The zero-order chi connectivity index (χ0) is 15.9. The Hall–Kier alpha value is -1.69. The molecule has 22 heavy (non-hydrogen) atoms. The fourth-order valence-corrected chi connectivity index (χ4v) is 2.52. The second-order valence-corrected chi connectivity index (χ2v) is 5.80. The summed E-state index contributed by atoms with van der Waals surface area (Å²) < 4.78 is 5.94. The minimum atomic E-state index is 0.120. The van der Waals surface area contributed by atoms with Gasteiger partial charge in [0, 0.05) is 36.3 Å². The number of hydrogen-bond donors (Lipinski definition) is 2. The van der Waals surface area contributed by atoms with Crippen LogP contribution in [-0.2, 0) is 6.54 Å². The van der Waals surface area contributed by atoms with Crippen molar-refractivity contribution in [2.75, 3.05) is 31.4 Å². The molecule has 0 aliphatic rings. The number of aliphatic hydroxyl groups is 1. The van der Waals surface area contributed by atoms with E-state index >= 15 is 0 Å². The third kappa shape index (κ3) is 4.16. The van der Waals surface area contributed by atoms with E-state index in [1.54, 1.807) is 11.8 Å². The van der Waals surface area contributed by atoms with Crippen LogP contribution in [0.3, 0.4) is 0 Å². The van der Waals surface area contributed by atoms with Gasteiger partial charge in [-0.1, -0.05) is 0 Å². The minimum absolute atomic E-state index is 0.120. The average Bonchev–Trinajstić information content (AvgIpc) is 2.56. The van der Waals surface area contributed by atoms with E-state index in [-0.39, 0.29) is 6.61 Å². The summed E-state index contributed by atoms with van der Waals surface area (Å²) in [5.41, 5.74) is 7.80. The summed E-state index contributed by atoms with van der Waals surface area (Å²) in [5, 5.41) is 9.02. The highest BCUT2D eigenvalue weighted by atomic mass is 32.2. The largest absolute Gasteiger partial charge is 0.457 e. The van der Waals surface area contributed by atoms with Crippen molar-refractivity contribution >= 4 is 17.4 Å². The molecule has 0 atom stereocenters. The second-order valence-electron chi connectivity index (χ2n) is 4.92. The molecule has 2 rings (SSSR count). The van der Waals surface area contributed by atoms with Crippen molar-refractivity contribution in [1.82, 2.24) is 0 Å². The molecule has 3 N–H and O–H groups in total. The van der Waals surface area contributed by atoms with Gasteiger partial charge in [-0.2, -0.15) is 0 Å². The number of nitrogens with zero attached hydrogens (tertiary/aromatic N) is 1. The SMILES string of the molecule is CSc1ccc(Oc2ccc(N(C)CCO)cc2CN)cc1. The van der Waals surface area contributed by atoms with Crippen LogP contribution in [0.25, 0.3) is 0 Å². The molecule has 0 saturated carbocycles. The van der Waals surface area contributed by atoms with Crippen molar-refractivity contribution in [2.24, 2.45) is 5.73 Å². The maximum absolute atomic E-state index is 9.02. The molecule has 0 bridgehead atoms. The standard InChI is InChI=1S/C17H22N2O2S/c1-19(9-10-20)14-3-8-17(13(11-14)12-18)21-15-4-6-16(22-2)7-5-15/h3-8,11,20H,9-10,12,18H2,1-2H3. The summed E-state index contributed by atoms with van der Waals surface area (Å²) in [4.78, 5) is 3.18. The van der Waals surface area contributed by atoms with Gasteiger partial charge in [-0.3, -0.25) is 0 Å². The highest BCUT2D eigenvalue weighted by Gasteiger charge is 2.08. The normalized spacial score (nSPS) is 10.5. The second kappa shape index (κ2) is 8.08. The predicted octanol–water partition coefficient (Wildman–Crippen LogP) is 3.09. The summed E-state index contributed by atoms with van der Waals surface area (Å²) in [5.74, 6) is 1.56. The van der Waals surface area contributed by atoms with Gasteiger partial charge in [-0.15, -0.1) is 11.8 Å². The Balaban J connectivity index is 2.19. The summed E-state index contributed by atoms with van der Waals surface area (Å²) >= 11 is 1.70. The summed E-state index contributed by atoms with van der Waals surface area (Å²) in [6.45, 7) is 1.11. The number of ether oxygens (including phenoxy) is 1. The van der Waals surface area contributed by atoms with Gasteiger partial charge in [0.05, 0.1) is 6.61 Å². The van der Waals surface area contributed by atoms with Crippen LogP contribution in [0.2, 0.25) is 0 Å². The Morgan fingerprint density at radius 2 is 1.91 bits per heavy atom. The van der Waals surface area contributed by atoms with E-state index in [0.717, 1.165) is 22.7 Å². The maximum Gasteiger partial charge on any atom is 0.132 e. The first-order chi connectivity index (χ1) is 10.7. The quantitative estimate of drug-likeness (QED) is 0.768. The van der Waals surface area contributed by atoms with Crippen LogP contribution in [0.1, 0.15) is 5.56 Å². The highest BCUT2D eigenvalue weighted by Crippen LogP contribution is 2.29. The molecule has 0 aliphatic carbocycles. The Morgan fingerprint density at radius 3 is 2.50 bits per heavy atom. The average molecular weight is 318 g/mol. The molecular formula is C17H22N2O2S. The molecule has 2 aromatic rings. The fraction of sp³-hybridized carbons (Fsp3) is 0.294. The number of aliphatic hydroxyl groups excluding tert-OH is 1. The number of nitrogens with two attached hydrogens (primary N) is 1. The topological polar surface area (TPSA) is 58.7 Å². The molecule has 118 valence electrons. The lowest BCUT2D eigenvalue weighted by molar-refractivity contribution is 0.304. The zero-order valence-electron chi connectivity index (χ0n) is 13.0. The van der Waals surface area contributed by atoms with Crippen LogP contribution in [0, 0.1) is 0 Å². The third-order valence-corrected chi connectivity index (χ3v) is 4.17. The molecule has 0 unspecified atom stereocenters. The van der Waals surface area contributed by atoms with E-state index in [0.29, 0.717) is 13.1 Å². The molecule has 0 fully saturated rings. The van der Waals surface area contributed by atoms with E-state index in [4.69, 9.17) is 15.6 Å². The van der Waals surface area contributed by atoms with Gasteiger partial charge in [0.2, 0.25) is 0 Å². The number of thioether (sulfide) groups is 1. The Morgan fingerprint density at radius 1 is 1.18 bits per heavy atom. The van der Waals surface area contributed by atoms with Crippen LogP contribution in [0.15, 0.2) is 47.4 Å². The minimum Gasteiger partial charge on any atom is -0.457 e. The van der Waals surface area contributed by atoms with Crippen molar-refractivity contribution in [2.45, 2.75) is 11.4 Å². The number of benzene rings is 2. The highest BCUT2D eigenvalue weighted by molar-refractivity contribution is 7.98. The number of hydrogen-bond acceptors (Lipinski definition) is 5. The monoisotopic (exact) mass is 318 g/mol. The fourth-order valence-electron chi connectivity index (χ4n) is 2.11. The molecule has 4 nitrogen and oxygen atoms in total. The van der Waals surface area contributed by atoms with Crippen LogP contribution in [-0.4, -0.2) is 31.6 Å². The van der Waals surface area contributed by atoms with Crippen LogP contribution >= 0.6 is 11.8 Å². The van der Waals surface area contributed by atoms with Gasteiger partial charge >= 0.3 is 0 Å². The smallest absolute Gasteiger partial charge is 0.132 e. The molecule has 0 spiro atoms. The lowest BCUT2D eigenvalue weighted by Crippen LogP contribution is -2.21. The molecule has 0 saturated heterocycles. The summed E-state index contributed by atoms with van der Waals surface area (Å²) in [7, 11) is 1.94. The molecular weight excluding hydrogens is 296 g/mol. The lowest BCUT2D eigenvalue weighted by atomic mass is 10.1. The predicted molar refractivity (Wildman–Crippen MR) is 93.0 cm³/mol. The van der Waals surface area contributed by atoms with Crippen molar-refractivity contribution in [3.05, 3.63) is 48.0 Å².